The Bertz CT molecular complexity index is 346. The number of hydrogen-bond acceptors (Lipinski definition) is 2. The number of amides is 1. The van der Waals surface area contributed by atoms with Crippen LogP contribution in [0.2, 0.25) is 10.0 Å². The van der Waals surface area contributed by atoms with Gasteiger partial charge in [-0.05, 0) is 32.0 Å². The van der Waals surface area contributed by atoms with Crippen molar-refractivity contribution in [3.63, 3.8) is 0 Å². The Balaban J connectivity index is 2.68. The lowest BCUT2D eigenvalue weighted by Crippen LogP contribution is -2.17. The van der Waals surface area contributed by atoms with Gasteiger partial charge >= 0.3 is 6.09 Å². The Morgan fingerprint density at radius 1 is 1.27 bits per heavy atom. The highest BCUT2D eigenvalue weighted by molar-refractivity contribution is 6.35. The van der Waals surface area contributed by atoms with Gasteiger partial charge in [-0.3, -0.25) is 5.32 Å². The van der Waals surface area contributed by atoms with Crippen molar-refractivity contribution in [1.29, 1.82) is 0 Å². The van der Waals surface area contributed by atoms with Crippen LogP contribution < -0.4 is 5.32 Å². The summed E-state index contributed by atoms with van der Waals surface area (Å²) in [6.07, 6.45) is -0.692. The smallest absolute Gasteiger partial charge is 0.411 e. The fourth-order valence-corrected chi connectivity index (χ4v) is 1.51. The minimum absolute atomic E-state index is 0.167. The lowest BCUT2D eigenvalue weighted by molar-refractivity contribution is 0.130. The molecule has 1 rings (SSSR count). The predicted octanol–water partition coefficient (Wildman–Crippen LogP) is 3.95. The molecule has 1 aromatic rings. The molecule has 0 aliphatic rings. The van der Waals surface area contributed by atoms with Crippen LogP contribution in [-0.2, 0) is 4.74 Å². The van der Waals surface area contributed by atoms with Gasteiger partial charge in [-0.25, -0.2) is 4.79 Å². The highest BCUT2D eigenvalue weighted by Gasteiger charge is 2.06. The SMILES string of the molecule is CC(C)OC(=O)Nc1cc(Cl)cc(Cl)c1. The Morgan fingerprint density at radius 3 is 2.27 bits per heavy atom. The van der Waals surface area contributed by atoms with Crippen molar-refractivity contribution in [2.24, 2.45) is 0 Å². The van der Waals surface area contributed by atoms with Crippen LogP contribution >= 0.6 is 23.2 Å². The third-order valence-electron chi connectivity index (χ3n) is 1.45. The quantitative estimate of drug-likeness (QED) is 0.860. The number of carbonyl (C=O) groups excluding carboxylic acids is 1. The highest BCUT2D eigenvalue weighted by atomic mass is 35.5. The number of halogens is 2. The Morgan fingerprint density at radius 2 is 1.80 bits per heavy atom. The minimum atomic E-state index is -0.525. The van der Waals surface area contributed by atoms with E-state index in [9.17, 15) is 4.79 Å². The van der Waals surface area contributed by atoms with Gasteiger partial charge in [0.2, 0.25) is 0 Å². The van der Waals surface area contributed by atoms with Crippen LogP contribution in [0.25, 0.3) is 0 Å². The number of nitrogens with one attached hydrogen (secondary N) is 1. The molecule has 0 saturated heterocycles. The number of carbonyl (C=O) groups is 1. The van der Waals surface area contributed by atoms with E-state index in [0.717, 1.165) is 0 Å². The molecule has 1 N–H and O–H groups in total. The molecule has 82 valence electrons. The topological polar surface area (TPSA) is 38.3 Å². The monoisotopic (exact) mass is 247 g/mol. The molecule has 5 heteroatoms. The molecule has 0 heterocycles. The molecule has 3 nitrogen and oxygen atoms in total. The van der Waals surface area contributed by atoms with Crippen LogP contribution in [0.4, 0.5) is 10.5 Å². The summed E-state index contributed by atoms with van der Waals surface area (Å²) in [5.74, 6) is 0. The zero-order chi connectivity index (χ0) is 11.4. The van der Waals surface area contributed by atoms with E-state index < -0.39 is 6.09 Å². The van der Waals surface area contributed by atoms with Gasteiger partial charge in [0, 0.05) is 15.7 Å². The molecular formula is C10H11Cl2NO2. The molecule has 1 amide bonds. The van der Waals surface area contributed by atoms with E-state index in [4.69, 9.17) is 27.9 Å². The molecule has 0 spiro atoms. The number of ether oxygens (including phenoxy) is 1. The van der Waals surface area contributed by atoms with Gasteiger partial charge < -0.3 is 4.74 Å². The van der Waals surface area contributed by atoms with Gasteiger partial charge in [0.05, 0.1) is 6.10 Å². The fourth-order valence-electron chi connectivity index (χ4n) is 0.987. The van der Waals surface area contributed by atoms with E-state index in [0.29, 0.717) is 15.7 Å². The Kier molecular flexibility index (Phi) is 4.24. The van der Waals surface area contributed by atoms with E-state index in [2.05, 4.69) is 5.32 Å². The van der Waals surface area contributed by atoms with E-state index in [1.54, 1.807) is 32.0 Å². The molecule has 0 aliphatic heterocycles. The molecule has 0 fully saturated rings. The molecule has 1 aromatic carbocycles. The van der Waals surface area contributed by atoms with E-state index in [1.165, 1.54) is 0 Å². The van der Waals surface area contributed by atoms with Crippen LogP contribution in [0.1, 0.15) is 13.8 Å². The van der Waals surface area contributed by atoms with Crippen LogP contribution in [0.3, 0.4) is 0 Å². The van der Waals surface area contributed by atoms with Gasteiger partial charge in [0.25, 0.3) is 0 Å². The van der Waals surface area contributed by atoms with Crippen molar-refractivity contribution in [2.45, 2.75) is 20.0 Å². The van der Waals surface area contributed by atoms with Crippen molar-refractivity contribution in [1.82, 2.24) is 0 Å². The summed E-state index contributed by atoms with van der Waals surface area (Å²) in [5.41, 5.74) is 0.512. The molecule has 0 aromatic heterocycles. The number of anilines is 1. The second-order valence-electron chi connectivity index (χ2n) is 3.24. The van der Waals surface area contributed by atoms with Crippen LogP contribution in [-0.4, -0.2) is 12.2 Å². The molecule has 0 unspecified atom stereocenters. The number of rotatable bonds is 2. The molecule has 0 radical (unpaired) electrons. The maximum atomic E-state index is 11.2. The first-order valence-electron chi connectivity index (χ1n) is 4.41. The van der Waals surface area contributed by atoms with Crippen LogP contribution in [0, 0.1) is 0 Å². The third-order valence-corrected chi connectivity index (χ3v) is 1.89. The third kappa shape index (κ3) is 4.40. The predicted molar refractivity (Wildman–Crippen MR) is 61.7 cm³/mol. The van der Waals surface area contributed by atoms with Gasteiger partial charge in [-0.1, -0.05) is 23.2 Å². The van der Waals surface area contributed by atoms with E-state index in [-0.39, 0.29) is 6.10 Å². The molecule has 0 saturated carbocycles. The summed E-state index contributed by atoms with van der Waals surface area (Å²) < 4.78 is 4.90. The summed E-state index contributed by atoms with van der Waals surface area (Å²) in [6.45, 7) is 3.54. The maximum Gasteiger partial charge on any atom is 0.411 e. The van der Waals surface area contributed by atoms with Crippen LogP contribution in [0.15, 0.2) is 18.2 Å². The highest BCUT2D eigenvalue weighted by Crippen LogP contribution is 2.22. The Hall–Kier alpha value is -0.930. The first-order valence-corrected chi connectivity index (χ1v) is 5.16. The average molecular weight is 248 g/mol. The van der Waals surface area contributed by atoms with Crippen LogP contribution in [0.5, 0.6) is 0 Å². The largest absolute Gasteiger partial charge is 0.447 e. The van der Waals surface area contributed by atoms with E-state index in [1.807, 2.05) is 0 Å². The van der Waals surface area contributed by atoms with Gasteiger partial charge in [-0.2, -0.15) is 0 Å². The fraction of sp³-hybridized carbons (Fsp3) is 0.300. The summed E-state index contributed by atoms with van der Waals surface area (Å²) in [4.78, 5) is 11.2. The zero-order valence-corrected chi connectivity index (χ0v) is 9.89. The van der Waals surface area contributed by atoms with Crippen molar-refractivity contribution >= 4 is 35.0 Å². The molecule has 0 atom stereocenters. The van der Waals surface area contributed by atoms with Crippen molar-refractivity contribution < 1.29 is 9.53 Å². The second kappa shape index (κ2) is 5.24. The summed E-state index contributed by atoms with van der Waals surface area (Å²) in [5, 5.41) is 3.45. The van der Waals surface area contributed by atoms with Gasteiger partial charge in [-0.15, -0.1) is 0 Å². The lowest BCUT2D eigenvalue weighted by atomic mass is 10.3. The standard InChI is InChI=1S/C10H11Cl2NO2/c1-6(2)15-10(14)13-9-4-7(11)3-8(12)5-9/h3-6H,1-2H3,(H,13,14). The number of hydrogen-bond donors (Lipinski definition) is 1. The van der Waals surface area contributed by atoms with E-state index >= 15 is 0 Å². The molecule has 0 bridgehead atoms. The molecular weight excluding hydrogens is 237 g/mol. The summed E-state index contributed by atoms with van der Waals surface area (Å²) in [7, 11) is 0. The number of benzene rings is 1. The first kappa shape index (κ1) is 12.1. The van der Waals surface area contributed by atoms with Crippen molar-refractivity contribution in [3.8, 4) is 0 Å². The lowest BCUT2D eigenvalue weighted by Gasteiger charge is -2.09. The zero-order valence-electron chi connectivity index (χ0n) is 8.38. The average Bonchev–Trinajstić information content (AvgIpc) is 1.98. The maximum absolute atomic E-state index is 11.2. The molecule has 0 aliphatic carbocycles. The molecule has 15 heavy (non-hydrogen) atoms. The second-order valence-corrected chi connectivity index (χ2v) is 4.11. The summed E-state index contributed by atoms with van der Waals surface area (Å²) >= 11 is 11.5. The first-order chi connectivity index (χ1) is 6.97. The summed E-state index contributed by atoms with van der Waals surface area (Å²) in [6, 6.07) is 4.77. The van der Waals surface area contributed by atoms with Gasteiger partial charge in [0.15, 0.2) is 0 Å². The minimum Gasteiger partial charge on any atom is -0.447 e. The van der Waals surface area contributed by atoms with Crippen molar-refractivity contribution in [2.75, 3.05) is 5.32 Å². The van der Waals surface area contributed by atoms with Gasteiger partial charge in [0.1, 0.15) is 0 Å². The van der Waals surface area contributed by atoms with Crippen molar-refractivity contribution in [3.05, 3.63) is 28.2 Å². The normalized spacial score (nSPS) is 10.2. The Labute approximate surface area is 98.3 Å².